The predicted molar refractivity (Wildman–Crippen MR) is 118 cm³/mol. The van der Waals surface area contributed by atoms with Crippen LogP contribution in [0.5, 0.6) is 0 Å². The fourth-order valence-electron chi connectivity index (χ4n) is 3.19. The van der Waals surface area contributed by atoms with E-state index in [0.29, 0.717) is 29.3 Å². The number of thiazole rings is 1. The van der Waals surface area contributed by atoms with Gasteiger partial charge in [0.2, 0.25) is 10.0 Å². The number of nitrogens with zero attached hydrogens (tertiary/aromatic N) is 2. The van der Waals surface area contributed by atoms with Gasteiger partial charge in [-0.25, -0.2) is 13.6 Å². The lowest BCUT2D eigenvalue weighted by Gasteiger charge is -2.06. The topological polar surface area (TPSA) is 104 Å². The molecule has 0 bridgehead atoms. The molecule has 3 rings (SSSR count). The lowest BCUT2D eigenvalue weighted by Crippen LogP contribution is -2.20. The summed E-state index contributed by atoms with van der Waals surface area (Å²) in [5, 5.41) is 5.25. The smallest absolute Gasteiger partial charge is 0.252 e. The summed E-state index contributed by atoms with van der Waals surface area (Å²) in [5.41, 5.74) is 3.92. The quantitative estimate of drug-likeness (QED) is 0.562. The van der Waals surface area contributed by atoms with Crippen molar-refractivity contribution in [2.45, 2.75) is 38.6 Å². The van der Waals surface area contributed by atoms with Gasteiger partial charge in [0.25, 0.3) is 5.91 Å². The zero-order valence-electron chi connectivity index (χ0n) is 17.2. The summed E-state index contributed by atoms with van der Waals surface area (Å²) in [6.45, 7) is 7.43. The van der Waals surface area contributed by atoms with E-state index in [0.717, 1.165) is 22.2 Å². The van der Waals surface area contributed by atoms with Crippen LogP contribution in [0, 0.1) is 13.8 Å². The predicted octanol–water partition coefficient (Wildman–Crippen LogP) is 2.67. The molecule has 2 N–H and O–H groups in total. The van der Waals surface area contributed by atoms with E-state index in [1.807, 2.05) is 43.5 Å². The van der Waals surface area contributed by atoms with Gasteiger partial charge in [-0.2, -0.15) is 4.99 Å². The van der Waals surface area contributed by atoms with Gasteiger partial charge in [0.1, 0.15) is 0 Å². The maximum Gasteiger partial charge on any atom is 0.252 e. The lowest BCUT2D eigenvalue weighted by molar-refractivity contribution is -0.117. The van der Waals surface area contributed by atoms with Crippen molar-refractivity contribution < 1.29 is 17.9 Å². The molecule has 3 aromatic rings. The highest BCUT2D eigenvalue weighted by atomic mass is 32.2. The number of aryl methyl sites for hydroxylation is 2. The molecular formula is C21H25N3O4S2. The van der Waals surface area contributed by atoms with Crippen LogP contribution in [0.15, 0.2) is 46.3 Å². The molecule has 0 fully saturated rings. The highest BCUT2D eigenvalue weighted by Gasteiger charge is 2.14. The molecule has 7 nitrogen and oxygen atoms in total. The van der Waals surface area contributed by atoms with E-state index in [9.17, 15) is 13.2 Å². The standard InChI is InChI=1S/C21H25N3O4S2/c1-4-28-10-9-24-18-8-7-17(30(22,26)27)13-19(18)29-21(24)23-20(25)12-16-6-5-14(2)11-15(16)3/h5-8,11,13H,4,9-10,12H2,1-3H3,(H2,22,26,27). The summed E-state index contributed by atoms with van der Waals surface area (Å²) in [7, 11) is -3.82. The summed E-state index contributed by atoms with van der Waals surface area (Å²) in [6, 6.07) is 10.6. The molecule has 1 aromatic heterocycles. The fraction of sp³-hybridized carbons (Fsp3) is 0.333. The van der Waals surface area contributed by atoms with Crippen molar-refractivity contribution in [1.82, 2.24) is 4.57 Å². The van der Waals surface area contributed by atoms with Crippen molar-refractivity contribution in [3.05, 3.63) is 57.9 Å². The zero-order valence-corrected chi connectivity index (χ0v) is 18.8. The Balaban J connectivity index is 2.02. The summed E-state index contributed by atoms with van der Waals surface area (Å²) in [6.07, 6.45) is 0.203. The molecule has 0 atom stereocenters. The van der Waals surface area contributed by atoms with Crippen LogP contribution >= 0.6 is 11.3 Å². The van der Waals surface area contributed by atoms with Gasteiger partial charge in [-0.05, 0) is 50.1 Å². The lowest BCUT2D eigenvalue weighted by atomic mass is 10.0. The molecule has 0 aliphatic heterocycles. The minimum absolute atomic E-state index is 0.0290. The van der Waals surface area contributed by atoms with Crippen LogP contribution in [0.4, 0.5) is 0 Å². The first-order chi connectivity index (χ1) is 14.2. The van der Waals surface area contributed by atoms with Crippen LogP contribution in [0.2, 0.25) is 0 Å². The minimum Gasteiger partial charge on any atom is -0.380 e. The molecular weight excluding hydrogens is 422 g/mol. The molecule has 1 heterocycles. The highest BCUT2D eigenvalue weighted by Crippen LogP contribution is 2.21. The molecule has 9 heteroatoms. The maximum atomic E-state index is 12.7. The highest BCUT2D eigenvalue weighted by molar-refractivity contribution is 7.89. The number of fused-ring (bicyclic) bond motifs is 1. The van der Waals surface area contributed by atoms with E-state index >= 15 is 0 Å². The van der Waals surface area contributed by atoms with Crippen LogP contribution in [-0.4, -0.2) is 32.1 Å². The van der Waals surface area contributed by atoms with E-state index < -0.39 is 10.0 Å². The van der Waals surface area contributed by atoms with Gasteiger partial charge < -0.3 is 9.30 Å². The van der Waals surface area contributed by atoms with Crippen LogP contribution < -0.4 is 9.94 Å². The Morgan fingerprint density at radius 2 is 1.97 bits per heavy atom. The van der Waals surface area contributed by atoms with Gasteiger partial charge in [0.15, 0.2) is 4.80 Å². The van der Waals surface area contributed by atoms with Crippen LogP contribution in [0.3, 0.4) is 0 Å². The van der Waals surface area contributed by atoms with Crippen LogP contribution in [0.1, 0.15) is 23.6 Å². The maximum absolute atomic E-state index is 12.7. The Bertz CT molecular complexity index is 1260. The second-order valence-electron chi connectivity index (χ2n) is 7.02. The Morgan fingerprint density at radius 1 is 1.20 bits per heavy atom. The van der Waals surface area contributed by atoms with Gasteiger partial charge in [0.05, 0.1) is 28.1 Å². The molecule has 0 unspecified atom stereocenters. The van der Waals surface area contributed by atoms with E-state index in [2.05, 4.69) is 4.99 Å². The third kappa shape index (κ3) is 5.23. The number of nitrogens with two attached hydrogens (primary N) is 1. The second-order valence-corrected chi connectivity index (χ2v) is 9.59. The Morgan fingerprint density at radius 3 is 2.63 bits per heavy atom. The molecule has 0 aliphatic rings. The normalized spacial score (nSPS) is 12.6. The SMILES string of the molecule is CCOCCn1c(=NC(=O)Cc2ccc(C)cc2C)sc2cc(S(N)(=O)=O)ccc21. The van der Waals surface area contributed by atoms with E-state index in [1.54, 1.807) is 6.07 Å². The Kier molecular flexibility index (Phi) is 6.87. The number of aromatic nitrogens is 1. The molecule has 160 valence electrons. The monoisotopic (exact) mass is 447 g/mol. The van der Waals surface area contributed by atoms with Gasteiger partial charge in [-0.3, -0.25) is 4.79 Å². The number of sulfonamides is 1. The van der Waals surface area contributed by atoms with E-state index in [1.165, 1.54) is 23.5 Å². The van der Waals surface area contributed by atoms with E-state index in [-0.39, 0.29) is 17.2 Å². The summed E-state index contributed by atoms with van der Waals surface area (Å²) in [5.74, 6) is -0.259. The van der Waals surface area contributed by atoms with Crippen LogP contribution in [0.25, 0.3) is 10.2 Å². The fourth-order valence-corrected chi connectivity index (χ4v) is 4.91. The first kappa shape index (κ1) is 22.4. The van der Waals surface area contributed by atoms with Gasteiger partial charge in [-0.1, -0.05) is 35.1 Å². The molecule has 0 aliphatic carbocycles. The molecule has 30 heavy (non-hydrogen) atoms. The van der Waals surface area contributed by atoms with Crippen molar-refractivity contribution >= 4 is 37.5 Å². The average molecular weight is 448 g/mol. The third-order valence-electron chi connectivity index (χ3n) is 4.71. The van der Waals surface area contributed by atoms with Crippen molar-refractivity contribution in [2.24, 2.45) is 10.1 Å². The number of amides is 1. The number of benzene rings is 2. The number of rotatable bonds is 7. The first-order valence-corrected chi connectivity index (χ1v) is 11.9. The number of hydrogen-bond acceptors (Lipinski definition) is 5. The van der Waals surface area contributed by atoms with Gasteiger partial charge >= 0.3 is 0 Å². The van der Waals surface area contributed by atoms with Gasteiger partial charge in [-0.15, -0.1) is 0 Å². The summed E-state index contributed by atoms with van der Waals surface area (Å²) in [4.78, 5) is 17.6. The first-order valence-electron chi connectivity index (χ1n) is 9.56. The Labute approximate surface area is 179 Å². The third-order valence-corrected chi connectivity index (χ3v) is 6.66. The van der Waals surface area contributed by atoms with Crippen molar-refractivity contribution in [3.8, 4) is 0 Å². The van der Waals surface area contributed by atoms with Crippen molar-refractivity contribution in [3.63, 3.8) is 0 Å². The van der Waals surface area contributed by atoms with Gasteiger partial charge in [0, 0.05) is 13.2 Å². The molecule has 2 aromatic carbocycles. The number of primary sulfonamides is 1. The number of hydrogen-bond donors (Lipinski definition) is 1. The average Bonchev–Trinajstić information content (AvgIpc) is 3.00. The largest absolute Gasteiger partial charge is 0.380 e. The minimum atomic E-state index is -3.82. The summed E-state index contributed by atoms with van der Waals surface area (Å²) >= 11 is 1.26. The number of carbonyl (C=O) groups excluding carboxylic acids is 1. The summed E-state index contributed by atoms with van der Waals surface area (Å²) < 4.78 is 31.4. The number of carbonyl (C=O) groups is 1. The number of ether oxygens (including phenoxy) is 1. The van der Waals surface area contributed by atoms with Crippen molar-refractivity contribution in [2.75, 3.05) is 13.2 Å². The molecule has 1 amide bonds. The zero-order chi connectivity index (χ0) is 21.9. The Hall–Kier alpha value is -2.33. The molecule has 0 radical (unpaired) electrons. The second kappa shape index (κ2) is 9.22. The molecule has 0 saturated heterocycles. The molecule has 0 saturated carbocycles. The van der Waals surface area contributed by atoms with Crippen LogP contribution in [-0.2, 0) is 32.5 Å². The molecule has 0 spiro atoms. The van der Waals surface area contributed by atoms with Crippen molar-refractivity contribution in [1.29, 1.82) is 0 Å². The van der Waals surface area contributed by atoms with E-state index in [4.69, 9.17) is 9.88 Å².